The summed E-state index contributed by atoms with van der Waals surface area (Å²) in [5, 5.41) is 8.96. The Kier molecular flexibility index (Phi) is 5.39. The molecule has 0 spiro atoms. The van der Waals surface area contributed by atoms with Gasteiger partial charge in [0.1, 0.15) is 17.4 Å². The summed E-state index contributed by atoms with van der Waals surface area (Å²) in [6.07, 6.45) is 0. The molecule has 0 fully saturated rings. The molecule has 1 nitrogen and oxygen atoms in total. The highest BCUT2D eigenvalue weighted by Gasteiger charge is 2.35. The molecule has 0 aliphatic carbocycles. The summed E-state index contributed by atoms with van der Waals surface area (Å²) in [6.45, 7) is 0. The topological polar surface area (TPSA) is 23.8 Å². The lowest BCUT2D eigenvalue weighted by Gasteiger charge is -2.16. The second-order valence-electron chi connectivity index (χ2n) is 5.87. The molecule has 0 unspecified atom stereocenters. The Morgan fingerprint density at radius 1 is 0.419 bits per heavy atom. The van der Waals surface area contributed by atoms with Gasteiger partial charge in [-0.25, -0.2) is 48.3 Å². The Balaban J connectivity index is 2.62. The van der Waals surface area contributed by atoms with Gasteiger partial charge in [-0.1, -0.05) is 0 Å². The van der Waals surface area contributed by atoms with E-state index in [0.717, 1.165) is 6.07 Å². The first-order valence-electron chi connectivity index (χ1n) is 7.71. The second kappa shape index (κ2) is 7.57. The Bertz CT molecular complexity index is 1260. The molecule has 0 atom stereocenters. The number of nitrogens with zero attached hydrogens (tertiary/aromatic N) is 1. The average Bonchev–Trinajstić information content (AvgIpc) is 2.71. The van der Waals surface area contributed by atoms with E-state index in [1.54, 1.807) is 0 Å². The van der Waals surface area contributed by atoms with Crippen molar-refractivity contribution in [1.29, 1.82) is 5.26 Å². The first-order chi connectivity index (χ1) is 14.4. The molecule has 12 heteroatoms. The van der Waals surface area contributed by atoms with Gasteiger partial charge in [0, 0.05) is 17.7 Å². The van der Waals surface area contributed by atoms with Crippen molar-refractivity contribution >= 4 is 0 Å². The number of benzene rings is 3. The zero-order valence-electron chi connectivity index (χ0n) is 14.3. The predicted octanol–water partition coefficient (Wildman–Crippen LogP) is 6.42. The van der Waals surface area contributed by atoms with E-state index in [4.69, 9.17) is 5.26 Å². The molecule has 3 aromatic rings. The lowest BCUT2D eigenvalue weighted by atomic mass is 9.91. The van der Waals surface area contributed by atoms with E-state index in [2.05, 4.69) is 0 Å². The van der Waals surface area contributed by atoms with Crippen molar-refractivity contribution in [3.05, 3.63) is 81.7 Å². The largest absolute Gasteiger partial charge is 0.205 e. The molecule has 0 aromatic heterocycles. The summed E-state index contributed by atoms with van der Waals surface area (Å²) in [5.41, 5.74) is -10.3. The van der Waals surface area contributed by atoms with Crippen LogP contribution in [0.15, 0.2) is 12.1 Å². The van der Waals surface area contributed by atoms with Gasteiger partial charge < -0.3 is 0 Å². The third kappa shape index (κ3) is 3.17. The molecular weight excluding hydrogens is 451 g/mol. The van der Waals surface area contributed by atoms with Crippen LogP contribution in [-0.2, 0) is 0 Å². The van der Waals surface area contributed by atoms with E-state index >= 15 is 4.39 Å². The van der Waals surface area contributed by atoms with Crippen molar-refractivity contribution in [2.45, 2.75) is 0 Å². The first kappa shape index (κ1) is 22.1. The molecule has 0 saturated heterocycles. The normalized spacial score (nSPS) is 11.0. The van der Waals surface area contributed by atoms with Gasteiger partial charge in [0.15, 0.2) is 58.2 Å². The second-order valence-corrected chi connectivity index (χ2v) is 5.87. The summed E-state index contributed by atoms with van der Waals surface area (Å²) >= 11 is 0. The molecule has 31 heavy (non-hydrogen) atoms. The SMILES string of the molecule is N#Cc1c(F)c(F)c(-c2c(F)c(F)cc(F)c2F)c(F)c1-c1c(F)c(F)cc(F)c1F. The minimum absolute atomic E-state index is 0.333. The Morgan fingerprint density at radius 3 is 1.10 bits per heavy atom. The smallest absolute Gasteiger partial charge is 0.178 e. The van der Waals surface area contributed by atoms with Gasteiger partial charge in [0.05, 0.1) is 16.7 Å². The Morgan fingerprint density at radius 2 is 0.742 bits per heavy atom. The van der Waals surface area contributed by atoms with Crippen molar-refractivity contribution < 1.29 is 48.3 Å². The van der Waals surface area contributed by atoms with E-state index in [-0.39, 0.29) is 12.1 Å². The molecule has 160 valence electrons. The monoisotopic (exact) mass is 453 g/mol. The zero-order valence-corrected chi connectivity index (χ0v) is 14.3. The molecule has 0 amide bonds. The summed E-state index contributed by atoms with van der Waals surface area (Å²) in [4.78, 5) is 0. The summed E-state index contributed by atoms with van der Waals surface area (Å²) in [7, 11) is 0. The Hall–Kier alpha value is -3.62. The fraction of sp³-hybridized carbons (Fsp3) is 0. The molecule has 0 radical (unpaired) electrons. The molecule has 3 rings (SSSR count). The van der Waals surface area contributed by atoms with E-state index in [1.165, 1.54) is 0 Å². The summed E-state index contributed by atoms with van der Waals surface area (Å²) < 4.78 is 154. The fourth-order valence-corrected chi connectivity index (χ4v) is 2.80. The van der Waals surface area contributed by atoms with E-state index in [9.17, 15) is 43.9 Å². The summed E-state index contributed by atoms with van der Waals surface area (Å²) in [5.74, 6) is -25.9. The van der Waals surface area contributed by atoms with Crippen LogP contribution in [0, 0.1) is 75.3 Å². The highest BCUT2D eigenvalue weighted by atomic mass is 19.2. The maximum atomic E-state index is 15.1. The number of hydrogen-bond acceptors (Lipinski definition) is 1. The maximum Gasteiger partial charge on any atom is 0.178 e. The molecule has 0 heterocycles. The van der Waals surface area contributed by atoms with Crippen molar-refractivity contribution in [2.75, 3.05) is 0 Å². The van der Waals surface area contributed by atoms with Gasteiger partial charge in [-0.05, 0) is 0 Å². The average molecular weight is 453 g/mol. The van der Waals surface area contributed by atoms with Gasteiger partial charge in [-0.2, -0.15) is 5.26 Å². The lowest BCUT2D eigenvalue weighted by molar-refractivity contribution is 0.450. The van der Waals surface area contributed by atoms with Crippen molar-refractivity contribution in [3.63, 3.8) is 0 Å². The minimum Gasteiger partial charge on any atom is -0.205 e. The maximum absolute atomic E-state index is 15.1. The van der Waals surface area contributed by atoms with Crippen LogP contribution in [0.5, 0.6) is 0 Å². The zero-order chi connectivity index (χ0) is 23.4. The van der Waals surface area contributed by atoms with Gasteiger partial charge >= 0.3 is 0 Å². The quantitative estimate of drug-likeness (QED) is 0.325. The van der Waals surface area contributed by atoms with Gasteiger partial charge in [0.2, 0.25) is 0 Å². The van der Waals surface area contributed by atoms with E-state index in [0.29, 0.717) is 0 Å². The summed E-state index contributed by atoms with van der Waals surface area (Å²) in [6, 6.07) is 0.111. The first-order valence-corrected chi connectivity index (χ1v) is 7.71. The van der Waals surface area contributed by atoms with Crippen LogP contribution < -0.4 is 0 Å². The predicted molar refractivity (Wildman–Crippen MR) is 81.6 cm³/mol. The molecule has 0 bridgehead atoms. The standard InChI is InChI=1S/C19H2F11N/c20-5-1-6(21)15(26)10(14(5)25)9-4(3-31)13(24)19(30)12(18(9)29)11-16(27)7(22)2-8(23)17(11)28/h1-2H. The number of halogens is 11. The van der Waals surface area contributed by atoms with Crippen molar-refractivity contribution in [1.82, 2.24) is 0 Å². The minimum atomic E-state index is -2.57. The van der Waals surface area contributed by atoms with Crippen molar-refractivity contribution in [2.24, 2.45) is 0 Å². The van der Waals surface area contributed by atoms with Crippen LogP contribution in [-0.4, -0.2) is 0 Å². The molecular formula is C19H2F11N. The lowest BCUT2D eigenvalue weighted by Crippen LogP contribution is -2.10. The van der Waals surface area contributed by atoms with Crippen LogP contribution in [0.2, 0.25) is 0 Å². The van der Waals surface area contributed by atoms with Crippen LogP contribution in [0.3, 0.4) is 0 Å². The highest BCUT2D eigenvalue weighted by Crippen LogP contribution is 2.42. The van der Waals surface area contributed by atoms with Crippen LogP contribution >= 0.6 is 0 Å². The van der Waals surface area contributed by atoms with E-state index < -0.39 is 91.8 Å². The molecule has 0 aliphatic rings. The number of hydrogen-bond donors (Lipinski definition) is 0. The Labute approximate surface area is 164 Å². The van der Waals surface area contributed by atoms with Crippen LogP contribution in [0.1, 0.15) is 5.56 Å². The highest BCUT2D eigenvalue weighted by molar-refractivity contribution is 5.80. The number of rotatable bonds is 2. The molecule has 3 aromatic carbocycles. The van der Waals surface area contributed by atoms with Gasteiger partial charge in [-0.3, -0.25) is 0 Å². The fourth-order valence-electron chi connectivity index (χ4n) is 2.80. The third-order valence-corrected chi connectivity index (χ3v) is 4.16. The third-order valence-electron chi connectivity index (χ3n) is 4.16. The van der Waals surface area contributed by atoms with Gasteiger partial charge in [0.25, 0.3) is 0 Å². The molecule has 0 N–H and O–H groups in total. The number of nitriles is 1. The van der Waals surface area contributed by atoms with Gasteiger partial charge in [-0.15, -0.1) is 0 Å². The molecule has 0 saturated carbocycles. The van der Waals surface area contributed by atoms with Crippen LogP contribution in [0.4, 0.5) is 48.3 Å². The van der Waals surface area contributed by atoms with E-state index in [1.807, 2.05) is 0 Å². The van der Waals surface area contributed by atoms with Crippen LogP contribution in [0.25, 0.3) is 22.3 Å². The molecule has 0 aliphatic heterocycles. The van der Waals surface area contributed by atoms with Crippen molar-refractivity contribution in [3.8, 4) is 28.3 Å².